The maximum atomic E-state index is 5.50. The second-order valence-corrected chi connectivity index (χ2v) is 7.05. The zero-order valence-corrected chi connectivity index (χ0v) is 13.3. The minimum atomic E-state index is 0.288. The summed E-state index contributed by atoms with van der Waals surface area (Å²) in [6.07, 6.45) is 7.96. The molecule has 0 heterocycles. The molecular weight excluding hydrogens is 320 g/mol. The van der Waals surface area contributed by atoms with Gasteiger partial charge in [-0.25, -0.2) is 0 Å². The fraction of sp³-hybridized carbons (Fsp3) is 0.533. The molecule has 2 fully saturated rings. The lowest BCUT2D eigenvalue weighted by atomic mass is 9.91. The molecule has 0 spiro atoms. The minimum absolute atomic E-state index is 0.288. The van der Waals surface area contributed by atoms with E-state index in [2.05, 4.69) is 26.6 Å². The Bertz CT molecular complexity index is 479. The first kappa shape index (κ1) is 13.4. The maximum absolute atomic E-state index is 5.50. The Morgan fingerprint density at radius 1 is 1.26 bits per heavy atom. The van der Waals surface area contributed by atoms with E-state index in [1.54, 1.807) is 0 Å². The predicted octanol–water partition coefficient (Wildman–Crippen LogP) is 4.46. The van der Waals surface area contributed by atoms with E-state index in [1.165, 1.54) is 38.5 Å². The largest absolute Gasteiger partial charge is 0.357 e. The van der Waals surface area contributed by atoms with Crippen LogP contribution in [0.15, 0.2) is 28.7 Å². The normalized spacial score (nSPS) is 21.1. The van der Waals surface area contributed by atoms with E-state index in [-0.39, 0.29) is 5.54 Å². The minimum Gasteiger partial charge on any atom is -0.357 e. The van der Waals surface area contributed by atoms with Crippen LogP contribution < -0.4 is 10.6 Å². The van der Waals surface area contributed by atoms with Gasteiger partial charge in [0.15, 0.2) is 5.11 Å². The van der Waals surface area contributed by atoms with Crippen LogP contribution in [0.2, 0.25) is 0 Å². The van der Waals surface area contributed by atoms with Gasteiger partial charge in [0.25, 0.3) is 0 Å². The first-order chi connectivity index (χ1) is 9.18. The smallest absolute Gasteiger partial charge is 0.171 e. The molecule has 0 unspecified atom stereocenters. The third-order valence-corrected chi connectivity index (χ3v) is 5.00. The van der Waals surface area contributed by atoms with Crippen LogP contribution in [0, 0.1) is 5.92 Å². The Morgan fingerprint density at radius 3 is 2.63 bits per heavy atom. The molecule has 1 aromatic carbocycles. The van der Waals surface area contributed by atoms with Gasteiger partial charge >= 0.3 is 0 Å². The number of anilines is 1. The predicted molar refractivity (Wildman–Crippen MR) is 87.4 cm³/mol. The van der Waals surface area contributed by atoms with E-state index in [0.717, 1.165) is 21.2 Å². The van der Waals surface area contributed by atoms with E-state index in [4.69, 9.17) is 12.2 Å². The summed E-state index contributed by atoms with van der Waals surface area (Å²) in [4.78, 5) is 0. The molecule has 0 amide bonds. The Morgan fingerprint density at radius 2 is 2.00 bits per heavy atom. The average Bonchev–Trinajstić information content (AvgIpc) is 3.12. The molecule has 19 heavy (non-hydrogen) atoms. The second-order valence-electron chi connectivity index (χ2n) is 5.73. The summed E-state index contributed by atoms with van der Waals surface area (Å²) in [5.74, 6) is 0.845. The molecule has 3 rings (SSSR count). The number of hydrogen-bond acceptors (Lipinski definition) is 1. The number of halogens is 1. The van der Waals surface area contributed by atoms with Gasteiger partial charge in [-0.3, -0.25) is 0 Å². The second kappa shape index (κ2) is 5.41. The van der Waals surface area contributed by atoms with Crippen LogP contribution in [0.25, 0.3) is 0 Å². The van der Waals surface area contributed by atoms with Gasteiger partial charge in [0.05, 0.1) is 0 Å². The first-order valence-corrected chi connectivity index (χ1v) is 8.23. The van der Waals surface area contributed by atoms with Crippen molar-refractivity contribution in [1.29, 1.82) is 0 Å². The number of hydrogen-bond donors (Lipinski definition) is 2. The van der Waals surface area contributed by atoms with Gasteiger partial charge in [-0.05, 0) is 62.0 Å². The van der Waals surface area contributed by atoms with Crippen LogP contribution in [0.5, 0.6) is 0 Å². The first-order valence-electron chi connectivity index (χ1n) is 7.03. The summed E-state index contributed by atoms with van der Waals surface area (Å²) >= 11 is 8.98. The number of thiocarbonyl (C=S) groups is 1. The summed E-state index contributed by atoms with van der Waals surface area (Å²) < 4.78 is 1.07. The molecule has 2 aliphatic carbocycles. The number of benzene rings is 1. The number of rotatable bonds is 3. The maximum Gasteiger partial charge on any atom is 0.171 e. The molecule has 2 nitrogen and oxygen atoms in total. The van der Waals surface area contributed by atoms with Gasteiger partial charge in [-0.1, -0.05) is 34.8 Å². The molecule has 0 atom stereocenters. The van der Waals surface area contributed by atoms with Crippen LogP contribution in [0.3, 0.4) is 0 Å². The number of nitrogens with one attached hydrogen (secondary N) is 2. The van der Waals surface area contributed by atoms with Gasteiger partial charge in [0.2, 0.25) is 0 Å². The van der Waals surface area contributed by atoms with Crippen molar-refractivity contribution < 1.29 is 0 Å². The van der Waals surface area contributed by atoms with Crippen molar-refractivity contribution in [3.05, 3.63) is 28.7 Å². The summed E-state index contributed by atoms with van der Waals surface area (Å²) in [5.41, 5.74) is 1.33. The van der Waals surface area contributed by atoms with Gasteiger partial charge in [-0.15, -0.1) is 0 Å². The molecule has 102 valence electrons. The Labute approximate surface area is 128 Å². The highest BCUT2D eigenvalue weighted by Gasteiger charge is 2.47. The van der Waals surface area contributed by atoms with Crippen LogP contribution in [-0.2, 0) is 0 Å². The van der Waals surface area contributed by atoms with Crippen molar-refractivity contribution in [2.24, 2.45) is 5.92 Å². The van der Waals surface area contributed by atoms with E-state index in [0.29, 0.717) is 0 Å². The average molecular weight is 339 g/mol. The summed E-state index contributed by atoms with van der Waals surface area (Å²) in [5, 5.41) is 7.70. The fourth-order valence-corrected chi connectivity index (χ4v) is 3.95. The molecule has 4 heteroatoms. The van der Waals surface area contributed by atoms with Crippen molar-refractivity contribution in [2.45, 2.75) is 44.1 Å². The third kappa shape index (κ3) is 3.11. The van der Waals surface area contributed by atoms with E-state index >= 15 is 0 Å². The van der Waals surface area contributed by atoms with Crippen molar-refractivity contribution in [3.63, 3.8) is 0 Å². The van der Waals surface area contributed by atoms with Gasteiger partial charge in [0.1, 0.15) is 0 Å². The summed E-state index contributed by atoms with van der Waals surface area (Å²) in [6, 6.07) is 8.12. The molecule has 0 radical (unpaired) electrons. The standard InChI is InChI=1S/C15H19BrN2S/c16-12-4-3-5-13(10-12)17-14(19)18-15(11-6-7-11)8-1-2-9-15/h3-5,10-11H,1-2,6-9H2,(H2,17,18,19). The topological polar surface area (TPSA) is 24.1 Å². The van der Waals surface area contributed by atoms with Crippen LogP contribution >= 0.6 is 28.1 Å². The zero-order chi connectivity index (χ0) is 13.3. The Kier molecular flexibility index (Phi) is 3.81. The molecule has 2 N–H and O–H groups in total. The van der Waals surface area contributed by atoms with Gasteiger partial charge in [-0.2, -0.15) is 0 Å². The lowest BCUT2D eigenvalue weighted by molar-refractivity contribution is 0.340. The summed E-state index contributed by atoms with van der Waals surface area (Å²) in [7, 11) is 0. The van der Waals surface area contributed by atoms with Crippen LogP contribution in [-0.4, -0.2) is 10.7 Å². The van der Waals surface area contributed by atoms with Crippen LogP contribution in [0.1, 0.15) is 38.5 Å². The molecular formula is C15H19BrN2S. The monoisotopic (exact) mass is 338 g/mol. The lowest BCUT2D eigenvalue weighted by Gasteiger charge is -2.32. The molecule has 0 saturated heterocycles. The highest BCUT2D eigenvalue weighted by atomic mass is 79.9. The van der Waals surface area contributed by atoms with Gasteiger partial charge < -0.3 is 10.6 Å². The fourth-order valence-electron chi connectivity index (χ4n) is 3.23. The Balaban J connectivity index is 1.64. The highest BCUT2D eigenvalue weighted by Crippen LogP contribution is 2.48. The molecule has 0 aromatic heterocycles. The van der Waals surface area contributed by atoms with Crippen LogP contribution in [0.4, 0.5) is 5.69 Å². The van der Waals surface area contributed by atoms with Crippen molar-refractivity contribution >= 4 is 38.9 Å². The van der Waals surface area contributed by atoms with Gasteiger partial charge in [0, 0.05) is 15.7 Å². The third-order valence-electron chi connectivity index (χ3n) is 4.30. The zero-order valence-electron chi connectivity index (χ0n) is 10.9. The quantitative estimate of drug-likeness (QED) is 0.795. The lowest BCUT2D eigenvalue weighted by Crippen LogP contribution is -2.49. The Hall–Kier alpha value is -0.610. The molecule has 2 saturated carbocycles. The van der Waals surface area contributed by atoms with Crippen molar-refractivity contribution in [1.82, 2.24) is 5.32 Å². The van der Waals surface area contributed by atoms with Crippen molar-refractivity contribution in [3.8, 4) is 0 Å². The molecule has 2 aliphatic rings. The van der Waals surface area contributed by atoms with E-state index in [9.17, 15) is 0 Å². The molecule has 0 aliphatic heterocycles. The SMILES string of the molecule is S=C(Nc1cccc(Br)c1)NC1(C2CC2)CCCC1. The van der Waals surface area contributed by atoms with Crippen molar-refractivity contribution in [2.75, 3.05) is 5.32 Å². The molecule has 0 bridgehead atoms. The summed E-state index contributed by atoms with van der Waals surface area (Å²) in [6.45, 7) is 0. The molecule has 1 aromatic rings. The van der Waals surface area contributed by atoms with E-state index < -0.39 is 0 Å². The highest BCUT2D eigenvalue weighted by molar-refractivity contribution is 9.10. The van der Waals surface area contributed by atoms with E-state index in [1.807, 2.05) is 24.3 Å².